The van der Waals surface area contributed by atoms with Crippen molar-refractivity contribution in [1.82, 2.24) is 9.47 Å². The average molecular weight is 415 g/mol. The zero-order valence-electron chi connectivity index (χ0n) is 17.4. The van der Waals surface area contributed by atoms with E-state index in [1.165, 1.54) is 16.7 Å². The van der Waals surface area contributed by atoms with Crippen LogP contribution in [0.15, 0.2) is 16.9 Å². The van der Waals surface area contributed by atoms with Gasteiger partial charge in [0.2, 0.25) is 0 Å². The summed E-state index contributed by atoms with van der Waals surface area (Å²) in [6.07, 6.45) is 3.31. The number of carboxylic acid groups (broad SMARTS) is 1. The third kappa shape index (κ3) is 2.59. The van der Waals surface area contributed by atoms with Crippen molar-refractivity contribution in [3.63, 3.8) is 0 Å². The van der Waals surface area contributed by atoms with Crippen molar-refractivity contribution in [2.75, 3.05) is 38.7 Å². The Morgan fingerprint density at radius 3 is 2.70 bits per heavy atom. The van der Waals surface area contributed by atoms with E-state index in [1.807, 2.05) is 4.90 Å². The molecule has 1 aromatic carbocycles. The van der Waals surface area contributed by atoms with E-state index in [2.05, 4.69) is 19.0 Å². The van der Waals surface area contributed by atoms with Gasteiger partial charge in [0.25, 0.3) is 5.56 Å². The highest BCUT2D eigenvalue weighted by Crippen LogP contribution is 2.51. The molecule has 30 heavy (non-hydrogen) atoms. The summed E-state index contributed by atoms with van der Waals surface area (Å²) in [5, 5.41) is 9.79. The lowest BCUT2D eigenvalue weighted by molar-refractivity contribution is 0.0694. The highest BCUT2D eigenvalue weighted by molar-refractivity contribution is 5.97. The fourth-order valence-electron chi connectivity index (χ4n) is 5.47. The largest absolute Gasteiger partial charge is 0.487 e. The number of nitrogens with zero attached hydrogens (tertiary/aromatic N) is 3. The van der Waals surface area contributed by atoms with Gasteiger partial charge in [-0.05, 0) is 58.3 Å². The molecule has 3 heterocycles. The summed E-state index contributed by atoms with van der Waals surface area (Å²) in [6, 6.07) is 2.26. The molecule has 0 bridgehead atoms. The van der Waals surface area contributed by atoms with Gasteiger partial charge in [0, 0.05) is 24.0 Å². The Bertz CT molecular complexity index is 1120. The first kappa shape index (κ1) is 19.4. The number of carbonyl (C=O) groups is 1. The first-order valence-corrected chi connectivity index (χ1v) is 10.4. The van der Waals surface area contributed by atoms with Crippen LogP contribution in [0.25, 0.3) is 10.9 Å². The first-order chi connectivity index (χ1) is 14.2. The molecule has 0 spiro atoms. The molecule has 0 amide bonds. The standard InChI is InChI=1S/C22H26FN3O4/c1-12-11-30-19-17-13(8-15(21(28)29)20(27)26(12)17)9-16(23)18(19)25-7-4-14(10-25)22(5-6-22)24(2)3/h8-9,12,14H,4-7,10-11H2,1-3H3,(H,28,29)/t12-,14+/m0/s1. The molecule has 8 heteroatoms. The Labute approximate surface area is 173 Å². The maximum Gasteiger partial charge on any atom is 0.341 e. The fourth-order valence-corrected chi connectivity index (χ4v) is 5.47. The number of ether oxygens (including phenoxy) is 1. The monoisotopic (exact) mass is 415 g/mol. The van der Waals surface area contributed by atoms with Crippen LogP contribution in [0.1, 0.15) is 42.6 Å². The minimum Gasteiger partial charge on any atom is -0.487 e. The number of hydrogen-bond donors (Lipinski definition) is 1. The third-order valence-corrected chi connectivity index (χ3v) is 7.26. The highest BCUT2D eigenvalue weighted by Gasteiger charge is 2.53. The molecule has 0 radical (unpaired) electrons. The number of halogens is 1. The molecule has 1 aliphatic carbocycles. The quantitative estimate of drug-likeness (QED) is 0.828. The fraction of sp³-hybridized carbons (Fsp3) is 0.545. The lowest BCUT2D eigenvalue weighted by Crippen LogP contribution is -2.39. The molecular weight excluding hydrogens is 389 g/mol. The second kappa shape index (κ2) is 6.44. The van der Waals surface area contributed by atoms with Crippen molar-refractivity contribution >= 4 is 22.6 Å². The molecule has 1 N–H and O–H groups in total. The number of aromatic carboxylic acids is 1. The van der Waals surface area contributed by atoms with Gasteiger partial charge in [-0.25, -0.2) is 9.18 Å². The lowest BCUT2D eigenvalue weighted by Gasteiger charge is -2.32. The predicted octanol–water partition coefficient (Wildman–Crippen LogP) is 2.71. The van der Waals surface area contributed by atoms with E-state index in [4.69, 9.17) is 4.74 Å². The highest BCUT2D eigenvalue weighted by atomic mass is 19.1. The SMILES string of the molecule is C[C@H]1COc2c(N3CC[C@@H](C4(N(C)C)CC4)C3)c(F)cc3cc(C(=O)O)c(=O)n1c23. The molecule has 2 fully saturated rings. The second-order valence-electron chi connectivity index (χ2n) is 9.10. The minimum absolute atomic E-state index is 0.195. The molecule has 160 valence electrons. The van der Waals surface area contributed by atoms with Gasteiger partial charge in [0.05, 0.1) is 11.6 Å². The van der Waals surface area contributed by atoms with Gasteiger partial charge in [-0.15, -0.1) is 0 Å². The Morgan fingerprint density at radius 1 is 1.33 bits per heavy atom. The molecule has 2 atom stereocenters. The van der Waals surface area contributed by atoms with E-state index in [-0.39, 0.29) is 23.8 Å². The van der Waals surface area contributed by atoms with Crippen molar-refractivity contribution in [2.45, 2.75) is 37.8 Å². The van der Waals surface area contributed by atoms with Crippen molar-refractivity contribution in [1.29, 1.82) is 0 Å². The van der Waals surface area contributed by atoms with E-state index >= 15 is 4.39 Å². The van der Waals surface area contributed by atoms with E-state index in [0.29, 0.717) is 28.3 Å². The van der Waals surface area contributed by atoms with Gasteiger partial charge in [-0.1, -0.05) is 0 Å². The van der Waals surface area contributed by atoms with Crippen LogP contribution in [-0.4, -0.2) is 59.9 Å². The first-order valence-electron chi connectivity index (χ1n) is 10.4. The third-order valence-electron chi connectivity index (χ3n) is 7.26. The Hall–Kier alpha value is -2.61. The van der Waals surface area contributed by atoms with Gasteiger partial charge in [0.1, 0.15) is 17.9 Å². The summed E-state index contributed by atoms with van der Waals surface area (Å²) >= 11 is 0. The number of anilines is 1. The molecule has 0 unspecified atom stereocenters. The van der Waals surface area contributed by atoms with Crippen LogP contribution < -0.4 is 15.2 Å². The number of carboxylic acids is 1. The number of hydrogen-bond acceptors (Lipinski definition) is 5. The van der Waals surface area contributed by atoms with Crippen molar-refractivity contribution < 1.29 is 19.0 Å². The van der Waals surface area contributed by atoms with Crippen LogP contribution in [0.3, 0.4) is 0 Å². The van der Waals surface area contributed by atoms with Crippen LogP contribution in [0, 0.1) is 11.7 Å². The number of pyridine rings is 1. The summed E-state index contributed by atoms with van der Waals surface area (Å²) in [7, 11) is 4.22. The lowest BCUT2D eigenvalue weighted by atomic mass is 9.95. The molecule has 2 aliphatic heterocycles. The normalized spacial score (nSPS) is 24.4. The van der Waals surface area contributed by atoms with Crippen LogP contribution in [0.2, 0.25) is 0 Å². The van der Waals surface area contributed by atoms with E-state index < -0.39 is 17.3 Å². The zero-order valence-corrected chi connectivity index (χ0v) is 17.4. The molecule has 1 saturated carbocycles. The maximum absolute atomic E-state index is 15.3. The van der Waals surface area contributed by atoms with Crippen LogP contribution >= 0.6 is 0 Å². The zero-order chi connectivity index (χ0) is 21.4. The Balaban J connectivity index is 1.65. The van der Waals surface area contributed by atoms with Gasteiger partial charge < -0.3 is 19.6 Å². The summed E-state index contributed by atoms with van der Waals surface area (Å²) < 4.78 is 22.8. The van der Waals surface area contributed by atoms with Gasteiger partial charge in [-0.3, -0.25) is 9.36 Å². The summed E-state index contributed by atoms with van der Waals surface area (Å²) in [5.74, 6) is -0.943. The smallest absolute Gasteiger partial charge is 0.341 e. The Kier molecular flexibility index (Phi) is 4.16. The molecule has 5 rings (SSSR count). The van der Waals surface area contributed by atoms with Crippen LogP contribution in [0.4, 0.5) is 10.1 Å². The van der Waals surface area contributed by atoms with Crippen molar-refractivity contribution in [3.05, 3.63) is 33.9 Å². The summed E-state index contributed by atoms with van der Waals surface area (Å²) in [6.45, 7) is 3.47. The second-order valence-corrected chi connectivity index (χ2v) is 9.10. The average Bonchev–Trinajstić information content (AvgIpc) is 3.37. The molecule has 7 nitrogen and oxygen atoms in total. The van der Waals surface area contributed by atoms with Crippen LogP contribution in [0.5, 0.6) is 5.75 Å². The summed E-state index contributed by atoms with van der Waals surface area (Å²) in [4.78, 5) is 28.7. The Morgan fingerprint density at radius 2 is 2.07 bits per heavy atom. The number of rotatable bonds is 4. The van der Waals surface area contributed by atoms with E-state index in [9.17, 15) is 14.7 Å². The van der Waals surface area contributed by atoms with Gasteiger partial charge >= 0.3 is 5.97 Å². The molecule has 1 aromatic heterocycles. The van der Waals surface area contributed by atoms with E-state index in [0.717, 1.165) is 32.4 Å². The molecule has 3 aliphatic rings. The van der Waals surface area contributed by atoms with E-state index in [1.54, 1.807) is 6.92 Å². The summed E-state index contributed by atoms with van der Waals surface area (Å²) in [5.41, 5.74) is 0.151. The minimum atomic E-state index is -1.31. The van der Waals surface area contributed by atoms with Gasteiger partial charge in [0.15, 0.2) is 11.6 Å². The predicted molar refractivity (Wildman–Crippen MR) is 111 cm³/mol. The molecule has 2 aromatic rings. The van der Waals surface area contributed by atoms with Gasteiger partial charge in [-0.2, -0.15) is 0 Å². The van der Waals surface area contributed by atoms with Crippen molar-refractivity contribution in [3.8, 4) is 5.75 Å². The van der Waals surface area contributed by atoms with Crippen LogP contribution in [-0.2, 0) is 0 Å². The van der Waals surface area contributed by atoms with Crippen molar-refractivity contribution in [2.24, 2.45) is 5.92 Å². The maximum atomic E-state index is 15.3. The molecular formula is C22H26FN3O4. The number of benzene rings is 1. The number of aromatic nitrogens is 1. The topological polar surface area (TPSA) is 75.0 Å². The molecule has 1 saturated heterocycles.